The van der Waals surface area contributed by atoms with Crippen molar-refractivity contribution < 1.29 is 27.3 Å². The van der Waals surface area contributed by atoms with Crippen LogP contribution in [0.15, 0.2) is 27.2 Å². The van der Waals surface area contributed by atoms with E-state index in [1.807, 2.05) is 19.9 Å². The summed E-state index contributed by atoms with van der Waals surface area (Å²) in [6.07, 6.45) is -1.37. The number of aryl methyl sites for hydroxylation is 3. The quantitative estimate of drug-likeness (QED) is 0.540. The zero-order valence-corrected chi connectivity index (χ0v) is 15.2. The number of methoxy groups -OCH3 is 1. The third kappa shape index (κ3) is 4.42. The fourth-order valence-electron chi connectivity index (χ4n) is 2.60. The van der Waals surface area contributed by atoms with Crippen LogP contribution in [-0.2, 0) is 6.42 Å². The molecule has 2 heterocycles. The lowest BCUT2D eigenvalue weighted by molar-refractivity contribution is 0.106. The number of aromatic nitrogens is 3. The zero-order chi connectivity index (χ0) is 19.4. The molecule has 0 saturated carbocycles. The van der Waals surface area contributed by atoms with E-state index in [1.165, 1.54) is 7.11 Å². The molecular formula is C18H19F2N3O4. The number of halogens is 2. The molecule has 0 atom stereocenters. The molecule has 0 unspecified atom stereocenters. The summed E-state index contributed by atoms with van der Waals surface area (Å²) in [7, 11) is 1.50. The minimum absolute atomic E-state index is 0.0685. The van der Waals surface area contributed by atoms with E-state index in [0.717, 1.165) is 23.4 Å². The highest BCUT2D eigenvalue weighted by Gasteiger charge is 2.19. The topological polar surface area (TPSA) is 83.4 Å². The van der Waals surface area contributed by atoms with Crippen molar-refractivity contribution in [3.05, 3.63) is 41.1 Å². The number of hydrogen-bond donors (Lipinski definition) is 0. The molecule has 0 saturated heterocycles. The van der Waals surface area contributed by atoms with Gasteiger partial charge in [-0.2, -0.15) is 13.8 Å². The standard InChI is InChI=1S/C18H19F2N3O4/c1-10-7-12(17-21-18(16(19)20)27-23-17)9-14(24-3)15(10)25-6-4-5-13-8-11(2)22-26-13/h7-9,16H,4-6H2,1-3H3. The lowest BCUT2D eigenvalue weighted by Crippen LogP contribution is -2.03. The van der Waals surface area contributed by atoms with E-state index in [2.05, 4.69) is 19.8 Å². The normalized spacial score (nSPS) is 11.2. The maximum Gasteiger partial charge on any atom is 0.315 e. The average molecular weight is 379 g/mol. The fourth-order valence-corrected chi connectivity index (χ4v) is 2.60. The second-order valence-corrected chi connectivity index (χ2v) is 5.97. The predicted octanol–water partition coefficient (Wildman–Crippen LogP) is 4.30. The lowest BCUT2D eigenvalue weighted by Gasteiger charge is -2.14. The molecule has 2 aromatic heterocycles. The van der Waals surface area contributed by atoms with Crippen molar-refractivity contribution in [2.45, 2.75) is 33.1 Å². The van der Waals surface area contributed by atoms with E-state index in [1.54, 1.807) is 12.1 Å². The number of benzene rings is 1. The van der Waals surface area contributed by atoms with Crippen LogP contribution in [0.4, 0.5) is 8.78 Å². The Balaban J connectivity index is 1.69. The third-order valence-electron chi connectivity index (χ3n) is 3.84. The SMILES string of the molecule is COc1cc(-c2noc(C(F)F)n2)cc(C)c1OCCCc1cc(C)no1. The first-order valence-electron chi connectivity index (χ1n) is 8.33. The molecule has 0 aliphatic heterocycles. The molecule has 27 heavy (non-hydrogen) atoms. The van der Waals surface area contributed by atoms with Crippen molar-refractivity contribution in [1.29, 1.82) is 0 Å². The van der Waals surface area contributed by atoms with Gasteiger partial charge in [0, 0.05) is 18.1 Å². The summed E-state index contributed by atoms with van der Waals surface area (Å²) in [5.74, 6) is 1.20. The molecule has 0 bridgehead atoms. The molecule has 3 rings (SSSR count). The summed E-state index contributed by atoms with van der Waals surface area (Å²) in [6, 6.07) is 5.25. The van der Waals surface area contributed by atoms with Crippen LogP contribution in [0, 0.1) is 13.8 Å². The molecular weight excluding hydrogens is 360 g/mol. The molecule has 0 spiro atoms. The van der Waals surface area contributed by atoms with Gasteiger partial charge in [-0.05, 0) is 38.0 Å². The van der Waals surface area contributed by atoms with Gasteiger partial charge in [0.1, 0.15) is 5.76 Å². The number of rotatable bonds is 8. The van der Waals surface area contributed by atoms with Gasteiger partial charge in [0.2, 0.25) is 5.82 Å². The molecule has 144 valence electrons. The summed E-state index contributed by atoms with van der Waals surface area (Å²) < 4.78 is 46.2. The van der Waals surface area contributed by atoms with E-state index in [-0.39, 0.29) is 5.82 Å². The van der Waals surface area contributed by atoms with Crippen molar-refractivity contribution >= 4 is 0 Å². The molecule has 0 N–H and O–H groups in total. The average Bonchev–Trinajstić information content (AvgIpc) is 3.28. The Hall–Kier alpha value is -2.97. The van der Waals surface area contributed by atoms with Crippen LogP contribution in [0.2, 0.25) is 0 Å². The largest absolute Gasteiger partial charge is 0.493 e. The van der Waals surface area contributed by atoms with Crippen LogP contribution in [0.5, 0.6) is 11.5 Å². The lowest BCUT2D eigenvalue weighted by atomic mass is 10.1. The van der Waals surface area contributed by atoms with Crippen LogP contribution >= 0.6 is 0 Å². The smallest absolute Gasteiger partial charge is 0.315 e. The summed E-state index contributed by atoms with van der Waals surface area (Å²) in [4.78, 5) is 3.70. The van der Waals surface area contributed by atoms with Gasteiger partial charge in [-0.15, -0.1) is 0 Å². The maximum atomic E-state index is 12.6. The van der Waals surface area contributed by atoms with E-state index < -0.39 is 12.3 Å². The Bertz CT molecular complexity index is 908. The van der Waals surface area contributed by atoms with Crippen molar-refractivity contribution in [3.8, 4) is 22.9 Å². The summed E-state index contributed by atoms with van der Waals surface area (Å²) in [5, 5.41) is 7.43. The van der Waals surface area contributed by atoms with Gasteiger partial charge in [0.25, 0.3) is 5.89 Å². The van der Waals surface area contributed by atoms with Gasteiger partial charge in [0.15, 0.2) is 11.5 Å². The van der Waals surface area contributed by atoms with Gasteiger partial charge >= 0.3 is 6.43 Å². The highest BCUT2D eigenvalue weighted by molar-refractivity contribution is 5.63. The van der Waals surface area contributed by atoms with Crippen LogP contribution in [0.1, 0.15) is 35.8 Å². The Kier molecular flexibility index (Phi) is 5.68. The van der Waals surface area contributed by atoms with Crippen molar-refractivity contribution in [2.24, 2.45) is 0 Å². The number of nitrogens with zero attached hydrogens (tertiary/aromatic N) is 3. The molecule has 0 aliphatic carbocycles. The third-order valence-corrected chi connectivity index (χ3v) is 3.84. The van der Waals surface area contributed by atoms with Gasteiger partial charge < -0.3 is 18.5 Å². The Morgan fingerprint density at radius 2 is 1.93 bits per heavy atom. The first kappa shape index (κ1) is 18.8. The van der Waals surface area contributed by atoms with E-state index in [9.17, 15) is 8.78 Å². The number of ether oxygens (including phenoxy) is 2. The van der Waals surface area contributed by atoms with Crippen LogP contribution in [-0.4, -0.2) is 29.0 Å². The molecule has 7 nitrogen and oxygen atoms in total. The van der Waals surface area contributed by atoms with Gasteiger partial charge in [-0.3, -0.25) is 0 Å². The minimum Gasteiger partial charge on any atom is -0.493 e. The number of hydrogen-bond acceptors (Lipinski definition) is 7. The second-order valence-electron chi connectivity index (χ2n) is 5.97. The zero-order valence-electron chi connectivity index (χ0n) is 15.2. The second kappa shape index (κ2) is 8.15. The highest BCUT2D eigenvalue weighted by Crippen LogP contribution is 2.36. The molecule has 0 fully saturated rings. The molecule has 9 heteroatoms. The molecule has 3 aromatic rings. The summed E-state index contributed by atoms with van der Waals surface area (Å²) in [5.41, 5.74) is 2.11. The Labute approximate surface area is 154 Å². The monoisotopic (exact) mass is 379 g/mol. The molecule has 0 amide bonds. The Morgan fingerprint density at radius 1 is 1.11 bits per heavy atom. The Morgan fingerprint density at radius 3 is 2.56 bits per heavy atom. The van der Waals surface area contributed by atoms with E-state index >= 15 is 0 Å². The molecule has 0 aliphatic rings. The molecule has 0 radical (unpaired) electrons. The minimum atomic E-state index is -2.81. The molecule has 1 aromatic carbocycles. The van der Waals surface area contributed by atoms with Crippen molar-refractivity contribution in [3.63, 3.8) is 0 Å². The van der Waals surface area contributed by atoms with Gasteiger partial charge in [0.05, 0.1) is 19.4 Å². The van der Waals surface area contributed by atoms with Crippen molar-refractivity contribution in [2.75, 3.05) is 13.7 Å². The van der Waals surface area contributed by atoms with E-state index in [0.29, 0.717) is 30.1 Å². The predicted molar refractivity (Wildman–Crippen MR) is 91.0 cm³/mol. The van der Waals surface area contributed by atoms with Crippen LogP contribution in [0.25, 0.3) is 11.4 Å². The van der Waals surface area contributed by atoms with Gasteiger partial charge in [-0.1, -0.05) is 10.3 Å². The number of alkyl halides is 2. The fraction of sp³-hybridized carbons (Fsp3) is 0.389. The van der Waals surface area contributed by atoms with Crippen LogP contribution in [0.3, 0.4) is 0 Å². The first-order chi connectivity index (χ1) is 13.0. The summed E-state index contributed by atoms with van der Waals surface area (Å²) >= 11 is 0. The maximum absolute atomic E-state index is 12.6. The highest BCUT2D eigenvalue weighted by atomic mass is 19.3. The summed E-state index contributed by atoms with van der Waals surface area (Å²) in [6.45, 7) is 4.15. The van der Waals surface area contributed by atoms with Gasteiger partial charge in [-0.25, -0.2) is 0 Å². The van der Waals surface area contributed by atoms with Crippen molar-refractivity contribution in [1.82, 2.24) is 15.3 Å². The first-order valence-corrected chi connectivity index (χ1v) is 8.33. The van der Waals surface area contributed by atoms with E-state index in [4.69, 9.17) is 14.0 Å². The van der Waals surface area contributed by atoms with Crippen LogP contribution < -0.4 is 9.47 Å².